The summed E-state index contributed by atoms with van der Waals surface area (Å²) in [5, 5.41) is 0.458. The number of thiol groups is 1. The van der Waals surface area contributed by atoms with Crippen LogP contribution >= 0.6 is 24.2 Å². The molecular formula is C11H9ClOS. The molecule has 1 aromatic rings. The lowest BCUT2D eigenvalue weighted by Gasteiger charge is -1.95. The summed E-state index contributed by atoms with van der Waals surface area (Å²) in [4.78, 5) is 10.6. The van der Waals surface area contributed by atoms with Crippen molar-refractivity contribution in [2.75, 3.05) is 5.75 Å². The van der Waals surface area contributed by atoms with Crippen molar-refractivity contribution in [2.45, 2.75) is 6.42 Å². The number of halogens is 1. The van der Waals surface area contributed by atoms with Crippen LogP contribution in [-0.2, 0) is 0 Å². The minimum atomic E-state index is 0.458. The zero-order valence-electron chi connectivity index (χ0n) is 7.46. The SMILES string of the molecule is O=Cc1cc(C#CCCS)ccc1Cl. The lowest BCUT2D eigenvalue weighted by Crippen LogP contribution is -1.84. The van der Waals surface area contributed by atoms with E-state index in [1.54, 1.807) is 18.2 Å². The lowest BCUT2D eigenvalue weighted by molar-refractivity contribution is 0.112. The highest BCUT2D eigenvalue weighted by atomic mass is 35.5. The van der Waals surface area contributed by atoms with Gasteiger partial charge in [0.15, 0.2) is 6.29 Å². The van der Waals surface area contributed by atoms with Crippen LogP contribution in [0, 0.1) is 11.8 Å². The van der Waals surface area contributed by atoms with Crippen LogP contribution in [0.2, 0.25) is 5.02 Å². The van der Waals surface area contributed by atoms with Gasteiger partial charge in [-0.25, -0.2) is 0 Å². The highest BCUT2D eigenvalue weighted by Crippen LogP contribution is 2.14. The third kappa shape index (κ3) is 3.10. The molecule has 0 amide bonds. The molecule has 0 aromatic heterocycles. The van der Waals surface area contributed by atoms with Crippen LogP contribution in [0.15, 0.2) is 18.2 Å². The molecular weight excluding hydrogens is 216 g/mol. The Morgan fingerprint density at radius 1 is 1.50 bits per heavy atom. The van der Waals surface area contributed by atoms with E-state index in [4.69, 9.17) is 11.6 Å². The predicted molar refractivity (Wildman–Crippen MR) is 62.2 cm³/mol. The van der Waals surface area contributed by atoms with Crippen molar-refractivity contribution in [1.29, 1.82) is 0 Å². The Morgan fingerprint density at radius 2 is 2.29 bits per heavy atom. The maximum Gasteiger partial charge on any atom is 0.151 e. The van der Waals surface area contributed by atoms with E-state index in [0.29, 0.717) is 10.6 Å². The minimum absolute atomic E-state index is 0.458. The molecule has 0 spiro atoms. The molecule has 14 heavy (non-hydrogen) atoms. The van der Waals surface area contributed by atoms with Gasteiger partial charge in [0.1, 0.15) is 0 Å². The van der Waals surface area contributed by atoms with E-state index >= 15 is 0 Å². The van der Waals surface area contributed by atoms with Crippen molar-refractivity contribution in [1.82, 2.24) is 0 Å². The van der Waals surface area contributed by atoms with Gasteiger partial charge in [0.25, 0.3) is 0 Å². The first kappa shape index (κ1) is 11.2. The summed E-state index contributed by atoms with van der Waals surface area (Å²) in [6, 6.07) is 5.15. The standard InChI is InChI=1S/C11H9ClOS/c12-11-5-4-9(3-1-2-6-14)7-10(11)8-13/h4-5,7-8,14H,2,6H2. The average Bonchev–Trinajstić information content (AvgIpc) is 2.21. The predicted octanol–water partition coefficient (Wildman–Crippen LogP) is 2.82. The smallest absolute Gasteiger partial charge is 0.151 e. The Kier molecular flexibility index (Phi) is 4.58. The van der Waals surface area contributed by atoms with Crippen molar-refractivity contribution in [3.63, 3.8) is 0 Å². The average molecular weight is 225 g/mol. The van der Waals surface area contributed by atoms with Gasteiger partial charge in [-0.1, -0.05) is 23.4 Å². The monoisotopic (exact) mass is 224 g/mol. The molecule has 0 saturated carbocycles. The van der Waals surface area contributed by atoms with Gasteiger partial charge in [0.2, 0.25) is 0 Å². The molecule has 72 valence electrons. The van der Waals surface area contributed by atoms with Crippen LogP contribution in [0.5, 0.6) is 0 Å². The van der Waals surface area contributed by atoms with Gasteiger partial charge < -0.3 is 0 Å². The first-order chi connectivity index (χ1) is 6.77. The molecule has 1 nitrogen and oxygen atoms in total. The molecule has 0 aliphatic heterocycles. The maximum absolute atomic E-state index is 10.6. The maximum atomic E-state index is 10.6. The van der Waals surface area contributed by atoms with Crippen LogP contribution in [0.25, 0.3) is 0 Å². The van der Waals surface area contributed by atoms with Crippen LogP contribution < -0.4 is 0 Å². The molecule has 1 aromatic carbocycles. The fraction of sp³-hybridized carbons (Fsp3) is 0.182. The fourth-order valence-corrected chi connectivity index (χ4v) is 1.21. The Hall–Kier alpha value is -0.910. The van der Waals surface area contributed by atoms with E-state index in [-0.39, 0.29) is 0 Å². The zero-order chi connectivity index (χ0) is 10.4. The molecule has 0 unspecified atom stereocenters. The van der Waals surface area contributed by atoms with Crippen molar-refractivity contribution in [3.8, 4) is 11.8 Å². The molecule has 0 heterocycles. The molecule has 0 fully saturated rings. The van der Waals surface area contributed by atoms with Crippen molar-refractivity contribution >= 4 is 30.5 Å². The number of carbonyl (C=O) groups is 1. The molecule has 0 radical (unpaired) electrons. The van der Waals surface area contributed by atoms with E-state index in [9.17, 15) is 4.79 Å². The number of carbonyl (C=O) groups excluding carboxylic acids is 1. The number of benzene rings is 1. The highest BCUT2D eigenvalue weighted by Gasteiger charge is 1.98. The van der Waals surface area contributed by atoms with Crippen molar-refractivity contribution in [2.24, 2.45) is 0 Å². The highest BCUT2D eigenvalue weighted by molar-refractivity contribution is 7.80. The van der Waals surface area contributed by atoms with Crippen LogP contribution in [0.3, 0.4) is 0 Å². The Balaban J connectivity index is 2.91. The van der Waals surface area contributed by atoms with Gasteiger partial charge >= 0.3 is 0 Å². The topological polar surface area (TPSA) is 17.1 Å². The third-order valence-corrected chi connectivity index (χ3v) is 2.16. The molecule has 3 heteroatoms. The molecule has 0 aliphatic carbocycles. The van der Waals surface area contributed by atoms with E-state index in [0.717, 1.165) is 24.0 Å². The molecule has 0 saturated heterocycles. The third-order valence-electron chi connectivity index (χ3n) is 1.59. The van der Waals surface area contributed by atoms with Gasteiger partial charge in [0, 0.05) is 23.3 Å². The minimum Gasteiger partial charge on any atom is -0.298 e. The quantitative estimate of drug-likeness (QED) is 0.465. The summed E-state index contributed by atoms with van der Waals surface area (Å²) in [6.07, 6.45) is 1.47. The fourth-order valence-electron chi connectivity index (χ4n) is 0.932. The number of aldehydes is 1. The Labute approximate surface area is 93.9 Å². The molecule has 0 atom stereocenters. The number of rotatable bonds is 2. The molecule has 0 bridgehead atoms. The molecule has 0 aliphatic rings. The van der Waals surface area contributed by atoms with E-state index in [2.05, 4.69) is 24.5 Å². The summed E-state index contributed by atoms with van der Waals surface area (Å²) >= 11 is 9.81. The normalized spacial score (nSPS) is 9.00. The van der Waals surface area contributed by atoms with Crippen molar-refractivity contribution in [3.05, 3.63) is 34.3 Å². The van der Waals surface area contributed by atoms with Gasteiger partial charge in [-0.15, -0.1) is 0 Å². The van der Waals surface area contributed by atoms with Gasteiger partial charge in [-0.3, -0.25) is 4.79 Å². The van der Waals surface area contributed by atoms with Gasteiger partial charge in [0.05, 0.1) is 5.02 Å². The zero-order valence-corrected chi connectivity index (χ0v) is 9.11. The first-order valence-corrected chi connectivity index (χ1v) is 5.13. The number of hydrogen-bond donors (Lipinski definition) is 1. The summed E-state index contributed by atoms with van der Waals surface area (Å²) in [5.74, 6) is 6.61. The first-order valence-electron chi connectivity index (χ1n) is 4.12. The van der Waals surface area contributed by atoms with E-state index in [1.165, 1.54) is 0 Å². The second-order valence-corrected chi connectivity index (χ2v) is 3.48. The Bertz CT molecular complexity index is 390. The Morgan fingerprint density at radius 3 is 2.93 bits per heavy atom. The second-order valence-electron chi connectivity index (χ2n) is 2.63. The summed E-state index contributed by atoms with van der Waals surface area (Å²) < 4.78 is 0. The summed E-state index contributed by atoms with van der Waals surface area (Å²) in [5.41, 5.74) is 1.28. The summed E-state index contributed by atoms with van der Waals surface area (Å²) in [7, 11) is 0. The van der Waals surface area contributed by atoms with Gasteiger partial charge in [-0.05, 0) is 18.2 Å². The van der Waals surface area contributed by atoms with Crippen LogP contribution in [-0.4, -0.2) is 12.0 Å². The van der Waals surface area contributed by atoms with Crippen molar-refractivity contribution < 1.29 is 4.79 Å². The largest absolute Gasteiger partial charge is 0.298 e. The lowest BCUT2D eigenvalue weighted by atomic mass is 10.1. The van der Waals surface area contributed by atoms with E-state index < -0.39 is 0 Å². The second kappa shape index (κ2) is 5.74. The summed E-state index contributed by atoms with van der Waals surface area (Å²) in [6.45, 7) is 0. The molecule has 0 N–H and O–H groups in total. The van der Waals surface area contributed by atoms with Crippen LogP contribution in [0.4, 0.5) is 0 Å². The van der Waals surface area contributed by atoms with Crippen LogP contribution in [0.1, 0.15) is 22.3 Å². The van der Waals surface area contributed by atoms with E-state index in [1.807, 2.05) is 0 Å². The van der Waals surface area contributed by atoms with Gasteiger partial charge in [-0.2, -0.15) is 12.6 Å². The molecule has 1 rings (SSSR count). The number of hydrogen-bond acceptors (Lipinski definition) is 2.